The molecule has 0 aromatic heterocycles. The van der Waals surface area contributed by atoms with Crippen LogP contribution in [0.4, 0.5) is 0 Å². The third kappa shape index (κ3) is 11.2. The lowest BCUT2D eigenvalue weighted by atomic mass is 10.1. The van der Waals surface area contributed by atoms with Crippen molar-refractivity contribution in [2.24, 2.45) is 11.1 Å². The fourth-order valence-electron chi connectivity index (χ4n) is 1.54. The Labute approximate surface area is 104 Å². The molecule has 1 amide bonds. The number of nitrogens with zero attached hydrogens (tertiary/aromatic N) is 2. The minimum Gasteiger partial charge on any atom is -0.411 e. The van der Waals surface area contributed by atoms with Crippen LogP contribution in [0.1, 0.15) is 33.1 Å². The van der Waals surface area contributed by atoms with Crippen molar-refractivity contribution in [2.45, 2.75) is 33.1 Å². The highest BCUT2D eigenvalue weighted by molar-refractivity contribution is 6.25. The maximum Gasteiger partial charge on any atom is 0.265 e. The standard InChI is InChI=1S/C12H25N3O2/c1-11(2)6-4-8-15(3)9-5-7-13-12(16)10-14-17/h10-11,17H,4-9H2,1-3H3,(H,13,16)/b14-10+. The van der Waals surface area contributed by atoms with Gasteiger partial charge in [0.2, 0.25) is 0 Å². The average Bonchev–Trinajstić information content (AvgIpc) is 2.24. The molecule has 0 aromatic carbocycles. The monoisotopic (exact) mass is 243 g/mol. The Morgan fingerprint density at radius 1 is 1.41 bits per heavy atom. The topological polar surface area (TPSA) is 64.9 Å². The van der Waals surface area contributed by atoms with E-state index in [1.165, 1.54) is 12.8 Å². The molecule has 0 radical (unpaired) electrons. The zero-order valence-corrected chi connectivity index (χ0v) is 11.1. The lowest BCUT2D eigenvalue weighted by Crippen LogP contribution is -2.29. The third-order valence-corrected chi connectivity index (χ3v) is 2.51. The van der Waals surface area contributed by atoms with Crippen LogP contribution in [0.5, 0.6) is 0 Å². The third-order valence-electron chi connectivity index (χ3n) is 2.51. The van der Waals surface area contributed by atoms with Crippen LogP contribution in [0.3, 0.4) is 0 Å². The molecule has 0 rings (SSSR count). The molecule has 0 saturated heterocycles. The van der Waals surface area contributed by atoms with Gasteiger partial charge in [-0.3, -0.25) is 4.79 Å². The Kier molecular flexibility index (Phi) is 9.43. The quantitative estimate of drug-likeness (QED) is 0.278. The van der Waals surface area contributed by atoms with Crippen molar-refractivity contribution in [1.29, 1.82) is 0 Å². The Balaban J connectivity index is 3.38. The molecule has 0 fully saturated rings. The Morgan fingerprint density at radius 3 is 2.65 bits per heavy atom. The lowest BCUT2D eigenvalue weighted by Gasteiger charge is -2.16. The molecule has 0 aliphatic carbocycles. The first kappa shape index (κ1) is 15.9. The van der Waals surface area contributed by atoms with E-state index in [0.717, 1.165) is 31.6 Å². The molecule has 0 aliphatic rings. The van der Waals surface area contributed by atoms with Crippen molar-refractivity contribution in [3.63, 3.8) is 0 Å². The van der Waals surface area contributed by atoms with E-state index in [9.17, 15) is 4.79 Å². The van der Waals surface area contributed by atoms with E-state index in [-0.39, 0.29) is 5.91 Å². The zero-order chi connectivity index (χ0) is 13.1. The Bertz CT molecular complexity index is 230. The van der Waals surface area contributed by atoms with E-state index in [1.54, 1.807) is 0 Å². The minimum absolute atomic E-state index is 0.352. The number of nitrogens with one attached hydrogen (secondary N) is 1. The summed E-state index contributed by atoms with van der Waals surface area (Å²) in [4.78, 5) is 13.2. The second-order valence-corrected chi connectivity index (χ2v) is 4.73. The van der Waals surface area contributed by atoms with Crippen LogP contribution in [0.15, 0.2) is 5.16 Å². The smallest absolute Gasteiger partial charge is 0.265 e. The summed E-state index contributed by atoms with van der Waals surface area (Å²) in [5.41, 5.74) is 0. The molecule has 5 heteroatoms. The first-order valence-electron chi connectivity index (χ1n) is 6.20. The highest BCUT2D eigenvalue weighted by Gasteiger charge is 2.00. The van der Waals surface area contributed by atoms with Crippen LogP contribution >= 0.6 is 0 Å². The molecule has 0 aromatic rings. The molecular weight excluding hydrogens is 218 g/mol. The van der Waals surface area contributed by atoms with Crippen molar-refractivity contribution >= 4 is 12.1 Å². The molecule has 0 saturated carbocycles. The first-order chi connectivity index (χ1) is 8.06. The fourth-order valence-corrected chi connectivity index (χ4v) is 1.54. The van der Waals surface area contributed by atoms with Crippen LogP contribution in [0.25, 0.3) is 0 Å². The number of amides is 1. The molecule has 100 valence electrons. The van der Waals surface area contributed by atoms with Crippen molar-refractivity contribution in [3.05, 3.63) is 0 Å². The van der Waals surface area contributed by atoms with Gasteiger partial charge in [-0.25, -0.2) is 0 Å². The van der Waals surface area contributed by atoms with Crippen LogP contribution < -0.4 is 5.32 Å². The molecule has 0 bridgehead atoms. The van der Waals surface area contributed by atoms with Gasteiger partial charge in [0, 0.05) is 6.54 Å². The molecule has 0 spiro atoms. The molecule has 2 N–H and O–H groups in total. The number of carbonyl (C=O) groups excluding carboxylic acids is 1. The lowest BCUT2D eigenvalue weighted by molar-refractivity contribution is -0.114. The highest BCUT2D eigenvalue weighted by Crippen LogP contribution is 2.03. The van der Waals surface area contributed by atoms with Gasteiger partial charge < -0.3 is 15.4 Å². The normalized spacial score (nSPS) is 11.6. The van der Waals surface area contributed by atoms with E-state index < -0.39 is 0 Å². The second-order valence-electron chi connectivity index (χ2n) is 4.73. The predicted octanol–water partition coefficient (Wildman–Crippen LogP) is 1.32. The predicted molar refractivity (Wildman–Crippen MR) is 69.5 cm³/mol. The van der Waals surface area contributed by atoms with Gasteiger partial charge in [-0.05, 0) is 45.3 Å². The van der Waals surface area contributed by atoms with Gasteiger partial charge in [0.05, 0.1) is 0 Å². The van der Waals surface area contributed by atoms with E-state index in [0.29, 0.717) is 6.54 Å². The molecule has 0 atom stereocenters. The summed E-state index contributed by atoms with van der Waals surface area (Å²) in [6, 6.07) is 0. The summed E-state index contributed by atoms with van der Waals surface area (Å²) in [5, 5.41) is 13.4. The van der Waals surface area contributed by atoms with Gasteiger partial charge in [0.25, 0.3) is 5.91 Å². The zero-order valence-electron chi connectivity index (χ0n) is 11.1. The number of oxime groups is 1. The van der Waals surface area contributed by atoms with Crippen LogP contribution in [0.2, 0.25) is 0 Å². The van der Waals surface area contributed by atoms with Crippen LogP contribution in [-0.4, -0.2) is 48.9 Å². The van der Waals surface area contributed by atoms with Gasteiger partial charge in [-0.2, -0.15) is 0 Å². The number of rotatable bonds is 9. The van der Waals surface area contributed by atoms with Crippen molar-refractivity contribution in [2.75, 3.05) is 26.7 Å². The molecule has 0 unspecified atom stereocenters. The fraction of sp³-hybridized carbons (Fsp3) is 0.833. The van der Waals surface area contributed by atoms with Gasteiger partial charge >= 0.3 is 0 Å². The maximum absolute atomic E-state index is 10.9. The van der Waals surface area contributed by atoms with Gasteiger partial charge in [-0.1, -0.05) is 19.0 Å². The molecule has 0 aliphatic heterocycles. The first-order valence-corrected chi connectivity index (χ1v) is 6.20. The molecule has 0 heterocycles. The Morgan fingerprint density at radius 2 is 2.06 bits per heavy atom. The number of hydrogen-bond donors (Lipinski definition) is 2. The van der Waals surface area contributed by atoms with Gasteiger partial charge in [0.15, 0.2) is 0 Å². The Hall–Kier alpha value is -1.10. The summed E-state index contributed by atoms with van der Waals surface area (Å²) >= 11 is 0. The molecule has 5 nitrogen and oxygen atoms in total. The minimum atomic E-state index is -0.352. The van der Waals surface area contributed by atoms with Crippen molar-refractivity contribution in [1.82, 2.24) is 10.2 Å². The summed E-state index contributed by atoms with van der Waals surface area (Å²) in [6.45, 7) is 7.15. The summed E-state index contributed by atoms with van der Waals surface area (Å²) in [7, 11) is 2.09. The van der Waals surface area contributed by atoms with Crippen molar-refractivity contribution in [3.8, 4) is 0 Å². The number of hydrogen-bond acceptors (Lipinski definition) is 4. The number of carbonyl (C=O) groups is 1. The SMILES string of the molecule is CC(C)CCCN(C)CCCNC(=O)/C=N/O. The molecule has 17 heavy (non-hydrogen) atoms. The summed E-state index contributed by atoms with van der Waals surface area (Å²) in [6.07, 6.45) is 4.25. The second kappa shape index (κ2) is 10.1. The van der Waals surface area contributed by atoms with Gasteiger partial charge in [-0.15, -0.1) is 0 Å². The van der Waals surface area contributed by atoms with Crippen molar-refractivity contribution < 1.29 is 10.0 Å². The highest BCUT2D eigenvalue weighted by atomic mass is 16.4. The molecular formula is C12H25N3O2. The summed E-state index contributed by atoms with van der Waals surface area (Å²) in [5.74, 6) is 0.412. The van der Waals surface area contributed by atoms with E-state index in [4.69, 9.17) is 5.21 Å². The van der Waals surface area contributed by atoms with Crippen LogP contribution in [-0.2, 0) is 4.79 Å². The average molecular weight is 243 g/mol. The van der Waals surface area contributed by atoms with E-state index in [2.05, 4.69) is 36.3 Å². The largest absolute Gasteiger partial charge is 0.411 e. The van der Waals surface area contributed by atoms with E-state index in [1.807, 2.05) is 0 Å². The summed E-state index contributed by atoms with van der Waals surface area (Å²) < 4.78 is 0. The maximum atomic E-state index is 10.9. The van der Waals surface area contributed by atoms with Gasteiger partial charge in [0.1, 0.15) is 6.21 Å². The van der Waals surface area contributed by atoms with Crippen LogP contribution in [0, 0.1) is 5.92 Å². The van der Waals surface area contributed by atoms with E-state index >= 15 is 0 Å².